The summed E-state index contributed by atoms with van der Waals surface area (Å²) >= 11 is 1.67. The molecule has 2 N–H and O–H groups in total. The summed E-state index contributed by atoms with van der Waals surface area (Å²) in [4.78, 5) is 30.1. The fourth-order valence-electron chi connectivity index (χ4n) is 5.36. The maximum Gasteiger partial charge on any atom is 0.344 e. The number of hydrogen-bond donors (Lipinski definition) is 2. The maximum atomic E-state index is 13.2. The van der Waals surface area contributed by atoms with Crippen molar-refractivity contribution in [1.82, 2.24) is 10.2 Å². The van der Waals surface area contributed by atoms with Crippen LogP contribution in [0.2, 0.25) is 0 Å². The molecule has 1 unspecified atom stereocenters. The van der Waals surface area contributed by atoms with Gasteiger partial charge in [0.1, 0.15) is 11.2 Å². The molecule has 0 fully saturated rings. The Morgan fingerprint density at radius 2 is 1.90 bits per heavy atom. The normalized spacial score (nSPS) is 16.8. The molecule has 4 aromatic rings. The highest BCUT2D eigenvalue weighted by Gasteiger charge is 2.34. The molecule has 2 aliphatic rings. The minimum Gasteiger partial charge on any atom is -0.490 e. The van der Waals surface area contributed by atoms with E-state index in [0.717, 1.165) is 46.4 Å². The molecule has 39 heavy (non-hydrogen) atoms. The van der Waals surface area contributed by atoms with E-state index in [9.17, 15) is 9.59 Å². The molecule has 0 radical (unpaired) electrons. The Kier molecular flexibility index (Phi) is 6.74. The van der Waals surface area contributed by atoms with Crippen LogP contribution in [0.3, 0.4) is 0 Å². The average Bonchev–Trinajstić information content (AvgIpc) is 3.32. The number of carbonyl (C=O) groups is 2. The number of ether oxygens (including phenoxy) is 2. The molecule has 0 bridgehead atoms. The van der Waals surface area contributed by atoms with Gasteiger partial charge in [-0.25, -0.2) is 4.79 Å². The van der Waals surface area contributed by atoms with Crippen molar-refractivity contribution in [2.75, 3.05) is 18.5 Å². The van der Waals surface area contributed by atoms with Gasteiger partial charge in [0.25, 0.3) is 5.91 Å². The third kappa shape index (κ3) is 4.75. The Bertz CT molecular complexity index is 1570. The van der Waals surface area contributed by atoms with Crippen LogP contribution < -0.4 is 20.1 Å². The van der Waals surface area contributed by atoms with Crippen molar-refractivity contribution in [3.8, 4) is 11.5 Å². The number of nitrogens with one attached hydrogen (secondary N) is 2. The molecule has 7 nitrogen and oxygen atoms in total. The smallest absolute Gasteiger partial charge is 0.344 e. The maximum absolute atomic E-state index is 13.2. The zero-order valence-electron chi connectivity index (χ0n) is 22.2. The number of thiophene rings is 1. The van der Waals surface area contributed by atoms with Crippen LogP contribution in [0.25, 0.3) is 10.8 Å². The summed E-state index contributed by atoms with van der Waals surface area (Å²) in [6.07, 6.45) is 0.456. The van der Waals surface area contributed by atoms with E-state index < -0.39 is 12.1 Å². The number of esters is 1. The van der Waals surface area contributed by atoms with Crippen LogP contribution in [-0.2, 0) is 13.0 Å². The van der Waals surface area contributed by atoms with E-state index >= 15 is 0 Å². The van der Waals surface area contributed by atoms with Crippen molar-refractivity contribution >= 4 is 39.0 Å². The molecule has 0 saturated carbocycles. The number of amides is 1. The number of benzene rings is 3. The lowest BCUT2D eigenvalue weighted by atomic mass is 9.99. The Labute approximate surface area is 231 Å². The van der Waals surface area contributed by atoms with E-state index in [1.807, 2.05) is 55.5 Å². The number of anilines is 1. The van der Waals surface area contributed by atoms with Crippen LogP contribution in [0.5, 0.6) is 11.5 Å². The highest BCUT2D eigenvalue weighted by Crippen LogP contribution is 2.42. The van der Waals surface area contributed by atoms with Gasteiger partial charge in [-0.3, -0.25) is 9.69 Å². The summed E-state index contributed by atoms with van der Waals surface area (Å²) in [5.74, 6) is 0.271. The highest BCUT2D eigenvalue weighted by molar-refractivity contribution is 7.16. The number of hydrogen-bond acceptors (Lipinski definition) is 7. The molecule has 200 valence electrons. The molecule has 0 spiro atoms. The first-order valence-electron chi connectivity index (χ1n) is 13.4. The van der Waals surface area contributed by atoms with Gasteiger partial charge in [0.15, 0.2) is 11.5 Å². The SMILES string of the molecule is CCOc1cc(C2NC(=O)c3c(sc4c3CCN(C(C)C)C4)N2)ccc1OC(=O)c1cccc2ccccc12. The third-order valence-electron chi connectivity index (χ3n) is 7.41. The van der Waals surface area contributed by atoms with Crippen molar-refractivity contribution in [2.24, 2.45) is 0 Å². The van der Waals surface area contributed by atoms with Gasteiger partial charge in [-0.1, -0.05) is 42.5 Å². The zero-order valence-corrected chi connectivity index (χ0v) is 23.1. The fourth-order valence-corrected chi connectivity index (χ4v) is 6.66. The Balaban J connectivity index is 1.26. The van der Waals surface area contributed by atoms with E-state index in [2.05, 4.69) is 29.4 Å². The van der Waals surface area contributed by atoms with Crippen LogP contribution >= 0.6 is 11.3 Å². The summed E-state index contributed by atoms with van der Waals surface area (Å²) in [5, 5.41) is 9.35. The van der Waals surface area contributed by atoms with Gasteiger partial charge in [-0.15, -0.1) is 11.3 Å². The molecular formula is C31H31N3O4S. The predicted molar refractivity (Wildman–Crippen MR) is 154 cm³/mol. The average molecular weight is 542 g/mol. The Morgan fingerprint density at radius 3 is 2.72 bits per heavy atom. The molecule has 0 saturated heterocycles. The second-order valence-corrected chi connectivity index (χ2v) is 11.2. The molecule has 1 atom stereocenters. The molecule has 0 aliphatic carbocycles. The summed E-state index contributed by atoms with van der Waals surface area (Å²) in [6.45, 7) is 8.53. The van der Waals surface area contributed by atoms with Gasteiger partial charge in [-0.2, -0.15) is 0 Å². The lowest BCUT2D eigenvalue weighted by Gasteiger charge is -2.31. The van der Waals surface area contributed by atoms with Gasteiger partial charge in [0.05, 0.1) is 17.7 Å². The van der Waals surface area contributed by atoms with Crippen molar-refractivity contribution in [1.29, 1.82) is 0 Å². The summed E-state index contributed by atoms with van der Waals surface area (Å²) in [7, 11) is 0. The number of fused-ring (bicyclic) bond motifs is 4. The second-order valence-electron chi connectivity index (χ2n) is 10.1. The van der Waals surface area contributed by atoms with Crippen molar-refractivity contribution < 1.29 is 19.1 Å². The van der Waals surface area contributed by atoms with E-state index in [4.69, 9.17) is 9.47 Å². The van der Waals surface area contributed by atoms with E-state index in [-0.39, 0.29) is 5.91 Å². The molecule has 1 aromatic heterocycles. The summed E-state index contributed by atoms with van der Waals surface area (Å²) < 4.78 is 11.7. The Morgan fingerprint density at radius 1 is 1.08 bits per heavy atom. The first-order chi connectivity index (χ1) is 18.9. The summed E-state index contributed by atoms with van der Waals surface area (Å²) in [6, 6.07) is 19.2. The minimum absolute atomic E-state index is 0.0614. The topological polar surface area (TPSA) is 79.9 Å². The molecular weight excluding hydrogens is 510 g/mol. The first-order valence-corrected chi connectivity index (χ1v) is 14.2. The number of rotatable bonds is 6. The van der Waals surface area contributed by atoms with Crippen LogP contribution in [0.4, 0.5) is 5.00 Å². The Hall–Kier alpha value is -3.88. The van der Waals surface area contributed by atoms with Crippen molar-refractivity contribution in [3.63, 3.8) is 0 Å². The van der Waals surface area contributed by atoms with Crippen molar-refractivity contribution in [3.05, 3.63) is 87.8 Å². The predicted octanol–water partition coefficient (Wildman–Crippen LogP) is 6.14. The molecule has 3 aromatic carbocycles. The van der Waals surface area contributed by atoms with E-state index in [1.54, 1.807) is 23.5 Å². The van der Waals surface area contributed by atoms with Gasteiger partial charge in [0.2, 0.25) is 0 Å². The first kappa shape index (κ1) is 25.4. The monoisotopic (exact) mass is 541 g/mol. The zero-order chi connectivity index (χ0) is 27.1. The molecule has 1 amide bonds. The van der Waals surface area contributed by atoms with Gasteiger partial charge >= 0.3 is 5.97 Å². The number of nitrogens with zero attached hydrogens (tertiary/aromatic N) is 1. The third-order valence-corrected chi connectivity index (χ3v) is 8.56. The lowest BCUT2D eigenvalue weighted by molar-refractivity contribution is 0.0730. The standard InChI is InChI=1S/C31H31N3O4S/c1-4-37-25-16-20(12-13-24(25)38-31(36)22-11-7-9-19-8-5-6-10-21(19)22)28-32-29(35)27-23-14-15-34(18(2)3)17-26(23)39-30(27)33-28/h5-13,16,18,28,33H,4,14-15,17H2,1-3H3,(H,32,35). The van der Waals surface area contributed by atoms with Crippen LogP contribution in [-0.4, -0.2) is 36.0 Å². The quantitative estimate of drug-likeness (QED) is 0.226. The minimum atomic E-state index is -0.450. The highest BCUT2D eigenvalue weighted by atomic mass is 32.1. The summed E-state index contributed by atoms with van der Waals surface area (Å²) in [5.41, 5.74) is 3.25. The largest absolute Gasteiger partial charge is 0.490 e. The lowest BCUT2D eigenvalue weighted by Crippen LogP contribution is -2.39. The molecule has 2 aliphatic heterocycles. The molecule has 3 heterocycles. The second kappa shape index (κ2) is 10.4. The van der Waals surface area contributed by atoms with Crippen LogP contribution in [0.1, 0.15) is 63.7 Å². The van der Waals surface area contributed by atoms with Gasteiger partial charge in [0, 0.05) is 24.0 Å². The van der Waals surface area contributed by atoms with Crippen molar-refractivity contribution in [2.45, 2.75) is 45.9 Å². The number of carbonyl (C=O) groups excluding carboxylic acids is 2. The van der Waals surface area contributed by atoms with Gasteiger partial charge in [-0.05, 0) is 67.3 Å². The fraction of sp³-hybridized carbons (Fsp3) is 0.290. The molecule has 8 heteroatoms. The van der Waals surface area contributed by atoms with E-state index in [0.29, 0.717) is 29.7 Å². The molecule has 6 rings (SSSR count). The van der Waals surface area contributed by atoms with Gasteiger partial charge < -0.3 is 20.1 Å². The van der Waals surface area contributed by atoms with Crippen LogP contribution in [0.15, 0.2) is 60.7 Å². The van der Waals surface area contributed by atoms with Crippen LogP contribution in [0, 0.1) is 0 Å². The van der Waals surface area contributed by atoms with E-state index in [1.165, 1.54) is 10.4 Å².